The van der Waals surface area contributed by atoms with Crippen molar-refractivity contribution in [2.75, 3.05) is 39.3 Å². The summed E-state index contributed by atoms with van der Waals surface area (Å²) in [5, 5.41) is 0. The summed E-state index contributed by atoms with van der Waals surface area (Å²) in [5.41, 5.74) is 7.14. The maximum absolute atomic E-state index is 11.4. The largest absolute Gasteiger partial charge is 0.460 e. The standard InChI is InChI=1S/C14H19NO4/c1-17-8-9-18-10-11-19-14(16)7-4-12-2-5-13(15)6-3-12/h2-7H,8-11,15H2,1H3/b7-4+. The molecule has 0 aliphatic heterocycles. The lowest BCUT2D eigenvalue weighted by Gasteiger charge is -2.03. The van der Waals surface area contributed by atoms with Gasteiger partial charge in [0, 0.05) is 18.9 Å². The Morgan fingerprint density at radius 2 is 1.84 bits per heavy atom. The lowest BCUT2D eigenvalue weighted by atomic mass is 10.2. The number of anilines is 1. The molecule has 0 radical (unpaired) electrons. The number of carbonyl (C=O) groups is 1. The van der Waals surface area contributed by atoms with Crippen molar-refractivity contribution in [2.45, 2.75) is 0 Å². The molecule has 0 aliphatic rings. The van der Waals surface area contributed by atoms with Crippen LogP contribution in [0.15, 0.2) is 30.3 Å². The van der Waals surface area contributed by atoms with Crippen LogP contribution in [0.4, 0.5) is 5.69 Å². The van der Waals surface area contributed by atoms with Crippen LogP contribution >= 0.6 is 0 Å². The van der Waals surface area contributed by atoms with E-state index in [0.29, 0.717) is 25.5 Å². The molecule has 0 unspecified atom stereocenters. The van der Waals surface area contributed by atoms with E-state index in [-0.39, 0.29) is 6.61 Å². The van der Waals surface area contributed by atoms with Gasteiger partial charge in [-0.2, -0.15) is 0 Å². The maximum atomic E-state index is 11.4. The van der Waals surface area contributed by atoms with Gasteiger partial charge in [-0.05, 0) is 23.8 Å². The summed E-state index contributed by atoms with van der Waals surface area (Å²) in [7, 11) is 1.60. The molecule has 0 bridgehead atoms. The van der Waals surface area contributed by atoms with E-state index in [2.05, 4.69) is 0 Å². The summed E-state index contributed by atoms with van der Waals surface area (Å²) >= 11 is 0. The van der Waals surface area contributed by atoms with E-state index in [4.69, 9.17) is 19.9 Å². The number of rotatable bonds is 8. The summed E-state index contributed by atoms with van der Waals surface area (Å²) < 4.78 is 14.9. The van der Waals surface area contributed by atoms with Crippen LogP contribution in [0, 0.1) is 0 Å². The molecule has 104 valence electrons. The third-order valence-corrected chi connectivity index (χ3v) is 2.25. The van der Waals surface area contributed by atoms with Crippen LogP contribution in [0.25, 0.3) is 6.08 Å². The van der Waals surface area contributed by atoms with E-state index in [1.54, 1.807) is 25.3 Å². The Hall–Kier alpha value is -1.85. The van der Waals surface area contributed by atoms with E-state index >= 15 is 0 Å². The van der Waals surface area contributed by atoms with Gasteiger partial charge in [0.1, 0.15) is 6.61 Å². The maximum Gasteiger partial charge on any atom is 0.330 e. The Balaban J connectivity index is 2.18. The molecule has 1 rings (SSSR count). The second-order valence-electron chi connectivity index (χ2n) is 3.77. The van der Waals surface area contributed by atoms with Crippen LogP contribution in [-0.4, -0.2) is 39.5 Å². The zero-order chi connectivity index (χ0) is 13.9. The zero-order valence-corrected chi connectivity index (χ0v) is 11.0. The van der Waals surface area contributed by atoms with Gasteiger partial charge in [-0.25, -0.2) is 4.79 Å². The van der Waals surface area contributed by atoms with Gasteiger partial charge in [0.15, 0.2) is 0 Å². The topological polar surface area (TPSA) is 70.8 Å². The van der Waals surface area contributed by atoms with Crippen molar-refractivity contribution in [3.05, 3.63) is 35.9 Å². The smallest absolute Gasteiger partial charge is 0.330 e. The quantitative estimate of drug-likeness (QED) is 0.334. The minimum Gasteiger partial charge on any atom is -0.460 e. The molecule has 5 heteroatoms. The minimum absolute atomic E-state index is 0.231. The molecule has 0 atom stereocenters. The molecule has 2 N–H and O–H groups in total. The Morgan fingerprint density at radius 1 is 1.16 bits per heavy atom. The average molecular weight is 265 g/mol. The Morgan fingerprint density at radius 3 is 2.53 bits per heavy atom. The third kappa shape index (κ3) is 7.23. The second-order valence-corrected chi connectivity index (χ2v) is 3.77. The average Bonchev–Trinajstić information content (AvgIpc) is 2.42. The van der Waals surface area contributed by atoms with Crippen molar-refractivity contribution in [2.24, 2.45) is 0 Å². The molecular weight excluding hydrogens is 246 g/mol. The van der Waals surface area contributed by atoms with Crippen LogP contribution in [0.3, 0.4) is 0 Å². The predicted octanol–water partition coefficient (Wildman–Crippen LogP) is 1.49. The first kappa shape index (κ1) is 15.2. The number of nitrogen functional groups attached to an aromatic ring is 1. The van der Waals surface area contributed by atoms with E-state index in [9.17, 15) is 4.79 Å². The minimum atomic E-state index is -0.396. The highest BCUT2D eigenvalue weighted by Gasteiger charge is 1.97. The number of esters is 1. The second kappa shape index (κ2) is 9.13. The Labute approximate surface area is 113 Å². The molecule has 0 heterocycles. The monoisotopic (exact) mass is 265 g/mol. The van der Waals surface area contributed by atoms with Crippen molar-refractivity contribution in [1.82, 2.24) is 0 Å². The van der Waals surface area contributed by atoms with Gasteiger partial charge in [-0.1, -0.05) is 12.1 Å². The lowest BCUT2D eigenvalue weighted by molar-refractivity contribution is -0.139. The molecule has 0 amide bonds. The third-order valence-electron chi connectivity index (χ3n) is 2.25. The fourth-order valence-corrected chi connectivity index (χ4v) is 1.27. The fourth-order valence-electron chi connectivity index (χ4n) is 1.27. The van der Waals surface area contributed by atoms with Crippen molar-refractivity contribution < 1.29 is 19.0 Å². The van der Waals surface area contributed by atoms with Gasteiger partial charge in [-0.3, -0.25) is 0 Å². The van der Waals surface area contributed by atoms with Gasteiger partial charge in [0.25, 0.3) is 0 Å². The molecule has 5 nitrogen and oxygen atoms in total. The van der Waals surface area contributed by atoms with Crippen LogP contribution in [0.2, 0.25) is 0 Å². The fraction of sp³-hybridized carbons (Fsp3) is 0.357. The molecule has 0 fully saturated rings. The Kier molecular flexibility index (Phi) is 7.31. The van der Waals surface area contributed by atoms with Crippen molar-refractivity contribution in [1.29, 1.82) is 0 Å². The number of ether oxygens (including phenoxy) is 3. The summed E-state index contributed by atoms with van der Waals surface area (Å²) in [5.74, 6) is -0.396. The van der Waals surface area contributed by atoms with Crippen molar-refractivity contribution >= 4 is 17.7 Å². The van der Waals surface area contributed by atoms with Gasteiger partial charge in [0.2, 0.25) is 0 Å². The predicted molar refractivity (Wildman–Crippen MR) is 73.5 cm³/mol. The number of methoxy groups -OCH3 is 1. The van der Waals surface area contributed by atoms with Gasteiger partial charge in [-0.15, -0.1) is 0 Å². The van der Waals surface area contributed by atoms with E-state index in [1.807, 2.05) is 12.1 Å². The molecular formula is C14H19NO4. The summed E-state index contributed by atoms with van der Waals surface area (Å²) in [6.45, 7) is 1.62. The molecule has 1 aromatic carbocycles. The van der Waals surface area contributed by atoms with Crippen LogP contribution < -0.4 is 5.73 Å². The molecule has 0 saturated heterocycles. The van der Waals surface area contributed by atoms with Crippen LogP contribution in [0.1, 0.15) is 5.56 Å². The highest BCUT2D eigenvalue weighted by atomic mass is 16.6. The van der Waals surface area contributed by atoms with Crippen molar-refractivity contribution in [3.63, 3.8) is 0 Å². The normalized spacial score (nSPS) is 10.8. The first-order chi connectivity index (χ1) is 9.22. The molecule has 19 heavy (non-hydrogen) atoms. The van der Waals surface area contributed by atoms with Gasteiger partial charge < -0.3 is 19.9 Å². The zero-order valence-electron chi connectivity index (χ0n) is 11.0. The molecule has 0 saturated carbocycles. The number of nitrogens with two attached hydrogens (primary N) is 1. The molecule has 1 aromatic rings. The number of carbonyl (C=O) groups excluding carboxylic acids is 1. The SMILES string of the molecule is COCCOCCOC(=O)/C=C/c1ccc(N)cc1. The van der Waals surface area contributed by atoms with Crippen LogP contribution in [0.5, 0.6) is 0 Å². The highest BCUT2D eigenvalue weighted by molar-refractivity contribution is 5.87. The summed E-state index contributed by atoms with van der Waals surface area (Å²) in [6, 6.07) is 7.20. The number of hydrogen-bond donors (Lipinski definition) is 1. The van der Waals surface area contributed by atoms with E-state index in [1.165, 1.54) is 6.08 Å². The Bertz CT molecular complexity index is 400. The van der Waals surface area contributed by atoms with Crippen molar-refractivity contribution in [3.8, 4) is 0 Å². The molecule has 0 aliphatic carbocycles. The first-order valence-corrected chi connectivity index (χ1v) is 5.99. The van der Waals surface area contributed by atoms with E-state index in [0.717, 1.165) is 5.56 Å². The van der Waals surface area contributed by atoms with Gasteiger partial charge in [0.05, 0.1) is 19.8 Å². The lowest BCUT2D eigenvalue weighted by Crippen LogP contribution is -2.10. The molecule has 0 aromatic heterocycles. The van der Waals surface area contributed by atoms with Crippen LogP contribution in [-0.2, 0) is 19.0 Å². The van der Waals surface area contributed by atoms with Gasteiger partial charge >= 0.3 is 5.97 Å². The molecule has 0 spiro atoms. The summed E-state index contributed by atoms with van der Waals surface area (Å²) in [6.07, 6.45) is 3.05. The number of benzene rings is 1. The summed E-state index contributed by atoms with van der Waals surface area (Å²) in [4.78, 5) is 11.4. The number of hydrogen-bond acceptors (Lipinski definition) is 5. The first-order valence-electron chi connectivity index (χ1n) is 5.99. The highest BCUT2D eigenvalue weighted by Crippen LogP contribution is 2.06. The van der Waals surface area contributed by atoms with E-state index < -0.39 is 5.97 Å².